The fraction of sp³-hybridized carbons (Fsp3) is 0.538. The fourth-order valence-corrected chi connectivity index (χ4v) is 4.37. The number of pyridine rings is 2. The monoisotopic (exact) mass is 578 g/mol. The molecule has 6 nitrogen and oxygen atoms in total. The molecule has 0 fully saturated rings. The molecule has 0 aromatic carbocycles. The number of aromatic nitrogens is 2. The number of nitrogens with zero attached hydrogens (tertiary/aromatic N) is 1. The van der Waals surface area contributed by atoms with Crippen LogP contribution in [0.1, 0.15) is 43.7 Å². The van der Waals surface area contributed by atoms with Gasteiger partial charge >= 0.3 is 0 Å². The SMILES string of the molecule is CCCC(=O)NCCSSCCNC(=O)CCC[n+]1ccc(C)cc1.CCl.CCl.Cc1cc[nH+]cc1. The molecule has 2 aromatic heterocycles. The molecule has 2 amide bonds. The molecule has 0 unspecified atom stereocenters. The van der Waals surface area contributed by atoms with Crippen LogP contribution in [0, 0.1) is 13.8 Å². The zero-order valence-corrected chi connectivity index (χ0v) is 25.5. The lowest BCUT2D eigenvalue weighted by molar-refractivity contribution is -0.697. The molecule has 0 aliphatic carbocycles. The van der Waals surface area contributed by atoms with Gasteiger partial charge in [-0.1, -0.05) is 28.5 Å². The minimum atomic E-state index is 0.116. The summed E-state index contributed by atoms with van der Waals surface area (Å²) in [7, 11) is 3.46. The van der Waals surface area contributed by atoms with Crippen LogP contribution in [0.3, 0.4) is 0 Å². The van der Waals surface area contributed by atoms with Crippen molar-refractivity contribution >= 4 is 56.6 Å². The van der Waals surface area contributed by atoms with Crippen LogP contribution in [0.15, 0.2) is 49.1 Å². The smallest absolute Gasteiger partial charge is 0.220 e. The second kappa shape index (κ2) is 28.1. The average Bonchev–Trinajstić information content (AvgIpc) is 2.90. The molecule has 0 bridgehead atoms. The summed E-state index contributed by atoms with van der Waals surface area (Å²) in [5.41, 5.74) is 2.53. The van der Waals surface area contributed by atoms with Gasteiger partial charge in [-0.25, -0.2) is 9.55 Å². The summed E-state index contributed by atoms with van der Waals surface area (Å²) in [6.45, 7) is 8.39. The van der Waals surface area contributed by atoms with E-state index in [-0.39, 0.29) is 11.8 Å². The lowest BCUT2D eigenvalue weighted by atomic mass is 10.2. The maximum atomic E-state index is 11.8. The highest BCUT2D eigenvalue weighted by Crippen LogP contribution is 2.19. The Morgan fingerprint density at radius 3 is 1.75 bits per heavy atom. The van der Waals surface area contributed by atoms with Crippen LogP contribution in [0.2, 0.25) is 0 Å². The van der Waals surface area contributed by atoms with Gasteiger partial charge in [0.15, 0.2) is 24.8 Å². The quantitative estimate of drug-likeness (QED) is 0.152. The maximum absolute atomic E-state index is 11.8. The van der Waals surface area contributed by atoms with Crippen molar-refractivity contribution in [2.45, 2.75) is 53.0 Å². The van der Waals surface area contributed by atoms with E-state index in [0.29, 0.717) is 25.9 Å². The molecule has 10 heteroatoms. The van der Waals surface area contributed by atoms with E-state index in [1.54, 1.807) is 21.6 Å². The van der Waals surface area contributed by atoms with Crippen molar-refractivity contribution in [2.24, 2.45) is 0 Å². The molecule has 2 heterocycles. The van der Waals surface area contributed by atoms with Crippen LogP contribution in [0.25, 0.3) is 0 Å². The van der Waals surface area contributed by atoms with Crippen LogP contribution >= 0.6 is 44.8 Å². The zero-order chi connectivity index (χ0) is 27.4. The molecule has 0 atom stereocenters. The third-order valence-electron chi connectivity index (χ3n) is 4.34. The molecule has 2 rings (SSSR count). The van der Waals surface area contributed by atoms with E-state index in [9.17, 15) is 9.59 Å². The third kappa shape index (κ3) is 24.2. The lowest BCUT2D eigenvalue weighted by Gasteiger charge is -2.05. The molecule has 2 aromatic rings. The van der Waals surface area contributed by atoms with Gasteiger partial charge in [0.25, 0.3) is 0 Å². The van der Waals surface area contributed by atoms with E-state index < -0.39 is 0 Å². The van der Waals surface area contributed by atoms with Crippen molar-refractivity contribution in [3.63, 3.8) is 0 Å². The second-order valence-corrected chi connectivity index (χ2v) is 10.1. The summed E-state index contributed by atoms with van der Waals surface area (Å²) in [6.07, 6.45) is 13.8. The normalized spacial score (nSPS) is 9.31. The van der Waals surface area contributed by atoms with E-state index >= 15 is 0 Å². The Hall–Kier alpha value is -1.48. The summed E-state index contributed by atoms with van der Waals surface area (Å²) in [5, 5.41) is 5.84. The number of halogens is 2. The Bertz CT molecular complexity index is 770. The third-order valence-corrected chi connectivity index (χ3v) is 6.75. The molecule has 0 spiro atoms. The van der Waals surface area contributed by atoms with Crippen LogP contribution in [0.4, 0.5) is 0 Å². The van der Waals surface area contributed by atoms with E-state index in [2.05, 4.69) is 69.4 Å². The van der Waals surface area contributed by atoms with Gasteiger partial charge in [-0.3, -0.25) is 9.59 Å². The number of carbonyl (C=O) groups excluding carboxylic acids is 2. The predicted molar refractivity (Wildman–Crippen MR) is 158 cm³/mol. The Kier molecular flexibility index (Phi) is 28.6. The van der Waals surface area contributed by atoms with Gasteiger partial charge in [-0.05, 0) is 31.4 Å². The molecule has 0 saturated heterocycles. The van der Waals surface area contributed by atoms with Crippen LogP contribution in [0.5, 0.6) is 0 Å². The molecule has 0 aliphatic heterocycles. The summed E-state index contributed by atoms with van der Waals surface area (Å²) < 4.78 is 2.10. The Balaban J connectivity index is 0. The second-order valence-electron chi connectivity index (χ2n) is 7.39. The van der Waals surface area contributed by atoms with Crippen molar-refractivity contribution < 1.29 is 19.1 Å². The number of alkyl halides is 2. The van der Waals surface area contributed by atoms with E-state index in [0.717, 1.165) is 30.9 Å². The molecular weight excluding hydrogens is 535 g/mol. The number of nitrogens with one attached hydrogen (secondary N) is 3. The summed E-state index contributed by atoms with van der Waals surface area (Å²) >= 11 is 9.28. The highest BCUT2D eigenvalue weighted by Gasteiger charge is 2.04. The topological polar surface area (TPSA) is 76.2 Å². The van der Waals surface area contributed by atoms with Gasteiger partial charge in [0.05, 0.1) is 0 Å². The molecule has 36 heavy (non-hydrogen) atoms. The summed E-state index contributed by atoms with van der Waals surface area (Å²) in [5.74, 6) is 2.02. The van der Waals surface area contributed by atoms with Gasteiger partial charge in [-0.2, -0.15) is 0 Å². The Morgan fingerprint density at radius 1 is 0.833 bits per heavy atom. The first-order valence-corrected chi connectivity index (χ1v) is 15.9. The van der Waals surface area contributed by atoms with Gasteiger partial charge in [0.2, 0.25) is 11.8 Å². The van der Waals surface area contributed by atoms with Gasteiger partial charge in [-0.15, -0.1) is 23.2 Å². The van der Waals surface area contributed by atoms with Crippen molar-refractivity contribution in [2.75, 3.05) is 37.4 Å². The lowest BCUT2D eigenvalue weighted by Crippen LogP contribution is -2.34. The predicted octanol–water partition coefficient (Wildman–Crippen LogP) is 5.00. The largest absolute Gasteiger partial charge is 0.355 e. The number of aromatic amines is 1. The molecule has 0 saturated carbocycles. The van der Waals surface area contributed by atoms with Crippen molar-refractivity contribution in [3.8, 4) is 0 Å². The minimum Gasteiger partial charge on any atom is -0.355 e. The van der Waals surface area contributed by atoms with Crippen LogP contribution in [-0.2, 0) is 16.1 Å². The number of aryl methyl sites for hydroxylation is 3. The Labute approximate surface area is 236 Å². The number of carbonyl (C=O) groups is 2. The summed E-state index contributed by atoms with van der Waals surface area (Å²) in [6, 6.07) is 8.20. The van der Waals surface area contributed by atoms with Crippen LogP contribution < -0.4 is 20.2 Å². The van der Waals surface area contributed by atoms with Crippen molar-refractivity contribution in [3.05, 3.63) is 60.2 Å². The molecule has 0 aliphatic rings. The molecule has 204 valence electrons. The van der Waals surface area contributed by atoms with Crippen molar-refractivity contribution in [1.29, 1.82) is 0 Å². The number of amides is 2. The minimum absolute atomic E-state index is 0.116. The number of H-pyrrole nitrogens is 1. The first-order chi connectivity index (χ1) is 17.5. The van der Waals surface area contributed by atoms with Crippen molar-refractivity contribution in [1.82, 2.24) is 10.6 Å². The maximum Gasteiger partial charge on any atom is 0.220 e. The first kappa shape index (κ1) is 36.7. The van der Waals surface area contributed by atoms with E-state index in [1.807, 2.05) is 43.8 Å². The Morgan fingerprint density at radius 2 is 1.31 bits per heavy atom. The average molecular weight is 580 g/mol. The number of rotatable bonds is 13. The summed E-state index contributed by atoms with van der Waals surface area (Å²) in [4.78, 5) is 26.0. The van der Waals surface area contributed by atoms with E-state index in [4.69, 9.17) is 0 Å². The highest BCUT2D eigenvalue weighted by molar-refractivity contribution is 8.76. The number of hydrogen-bond acceptors (Lipinski definition) is 4. The van der Waals surface area contributed by atoms with Gasteiger partial charge < -0.3 is 10.6 Å². The van der Waals surface area contributed by atoms with Gasteiger partial charge in [0, 0.05) is 80.9 Å². The number of hydrogen-bond donors (Lipinski definition) is 2. The standard InChI is InChI=1S/C18H29N3O2S2.C6H7N.2CH3Cl/c1-3-5-17(22)19-9-14-24-25-15-10-20-18(23)6-4-11-21-12-7-16(2)8-13-21;1-6-2-4-7-5-3-6;2*1-2/h7-8,12-13H,3-6,9-11,14-15H2,1-2H3,(H-,19,20,22,23);2-5H,1H3;2*1H3/p+2. The van der Waals surface area contributed by atoms with Gasteiger partial charge in [0.1, 0.15) is 6.54 Å². The van der Waals surface area contributed by atoms with E-state index in [1.165, 1.54) is 23.9 Å². The molecule has 3 N–H and O–H groups in total. The highest BCUT2D eigenvalue weighted by atomic mass is 35.5. The first-order valence-electron chi connectivity index (χ1n) is 11.9. The zero-order valence-electron chi connectivity index (χ0n) is 22.3. The molecule has 0 radical (unpaired) electrons. The molecular formula is C26H44Cl2N4O2S2+2. The fourth-order valence-electron chi connectivity index (χ4n) is 2.56. The van der Waals surface area contributed by atoms with Crippen LogP contribution in [-0.4, -0.2) is 49.2 Å².